The molecule has 1 aliphatic rings. The van der Waals surface area contributed by atoms with Gasteiger partial charge in [0.25, 0.3) is 0 Å². The van der Waals surface area contributed by atoms with Crippen molar-refractivity contribution in [1.29, 1.82) is 5.26 Å². The fraction of sp³-hybridized carbons (Fsp3) is 0.353. The van der Waals surface area contributed by atoms with Crippen LogP contribution in [0.25, 0.3) is 0 Å². The molecule has 0 bridgehead atoms. The Kier molecular flexibility index (Phi) is 4.90. The maximum absolute atomic E-state index is 12.6. The van der Waals surface area contributed by atoms with Gasteiger partial charge in [-0.25, -0.2) is 4.98 Å². The number of pyridine rings is 1. The smallest absolute Gasteiger partial charge is 0.238 e. The summed E-state index contributed by atoms with van der Waals surface area (Å²) in [5, 5.41) is 17.7. The highest BCUT2D eigenvalue weighted by Crippen LogP contribution is 2.29. The number of amides is 1. The standard InChI is InChI=1S/C17H19N5OS/c18-10-15-13(4-1-6-21-15)17(5-7-20-11-17)22-16(23)14(19)9-12-3-2-8-24-12/h1-4,6,8,14,20H,5,7,9,11,19H2,(H,22,23)/t14-,17+/m0/s1. The highest BCUT2D eigenvalue weighted by molar-refractivity contribution is 7.09. The number of hydrogen-bond donors (Lipinski definition) is 3. The van der Waals surface area contributed by atoms with Gasteiger partial charge in [-0.2, -0.15) is 5.26 Å². The van der Waals surface area contributed by atoms with Crippen LogP contribution in [-0.2, 0) is 16.8 Å². The van der Waals surface area contributed by atoms with Crippen LogP contribution in [0.15, 0.2) is 35.8 Å². The van der Waals surface area contributed by atoms with Crippen LogP contribution in [0.4, 0.5) is 0 Å². The molecule has 2 aromatic heterocycles. The molecule has 1 amide bonds. The largest absolute Gasteiger partial charge is 0.344 e. The number of carbonyl (C=O) groups is 1. The van der Waals surface area contributed by atoms with E-state index in [0.717, 1.165) is 17.0 Å². The zero-order chi connectivity index (χ0) is 17.0. The lowest BCUT2D eigenvalue weighted by molar-refractivity contribution is -0.124. The number of nitriles is 1. The SMILES string of the molecule is N#Cc1ncccc1[C@@]1(NC(=O)[C@@H](N)Cc2cccs2)CCNC1. The highest BCUT2D eigenvalue weighted by Gasteiger charge is 2.40. The fourth-order valence-electron chi connectivity index (χ4n) is 3.04. The molecule has 0 unspecified atom stereocenters. The van der Waals surface area contributed by atoms with Gasteiger partial charge in [0.1, 0.15) is 11.8 Å². The molecule has 3 rings (SSSR count). The Morgan fingerprint density at radius 3 is 3.08 bits per heavy atom. The molecule has 0 saturated carbocycles. The molecule has 0 spiro atoms. The summed E-state index contributed by atoms with van der Waals surface area (Å²) >= 11 is 1.59. The first-order chi connectivity index (χ1) is 11.6. The van der Waals surface area contributed by atoms with E-state index in [-0.39, 0.29) is 5.91 Å². The maximum Gasteiger partial charge on any atom is 0.238 e. The van der Waals surface area contributed by atoms with Crippen LogP contribution in [0, 0.1) is 11.3 Å². The number of thiophene rings is 1. The summed E-state index contributed by atoms with van der Waals surface area (Å²) in [5.41, 5.74) is 6.54. The molecule has 2 atom stereocenters. The van der Waals surface area contributed by atoms with Crippen LogP contribution in [0.1, 0.15) is 22.6 Å². The lowest BCUT2D eigenvalue weighted by atomic mass is 9.87. The van der Waals surface area contributed by atoms with Gasteiger partial charge in [0.05, 0.1) is 11.6 Å². The average molecular weight is 341 g/mol. The molecule has 0 radical (unpaired) electrons. The molecule has 0 aliphatic carbocycles. The van der Waals surface area contributed by atoms with Crippen molar-refractivity contribution in [2.45, 2.75) is 24.4 Å². The number of rotatable bonds is 5. The van der Waals surface area contributed by atoms with E-state index in [4.69, 9.17) is 5.73 Å². The monoisotopic (exact) mass is 341 g/mol. The first-order valence-electron chi connectivity index (χ1n) is 7.81. The summed E-state index contributed by atoms with van der Waals surface area (Å²) in [6.45, 7) is 1.32. The minimum absolute atomic E-state index is 0.208. The van der Waals surface area contributed by atoms with Crippen molar-refractivity contribution >= 4 is 17.2 Å². The van der Waals surface area contributed by atoms with Gasteiger partial charge in [-0.1, -0.05) is 12.1 Å². The molecule has 1 aliphatic heterocycles. The number of aromatic nitrogens is 1. The lowest BCUT2D eigenvalue weighted by Crippen LogP contribution is -2.53. The second-order valence-electron chi connectivity index (χ2n) is 5.90. The highest BCUT2D eigenvalue weighted by atomic mass is 32.1. The van der Waals surface area contributed by atoms with Crippen LogP contribution >= 0.6 is 11.3 Å². The molecule has 0 aromatic carbocycles. The quantitative estimate of drug-likeness (QED) is 0.749. The summed E-state index contributed by atoms with van der Waals surface area (Å²) in [7, 11) is 0. The molecule has 2 aromatic rings. The number of hydrogen-bond acceptors (Lipinski definition) is 6. The Hall–Kier alpha value is -2.27. The molecule has 24 heavy (non-hydrogen) atoms. The normalized spacial score (nSPS) is 21.2. The van der Waals surface area contributed by atoms with Crippen molar-refractivity contribution in [2.75, 3.05) is 13.1 Å². The van der Waals surface area contributed by atoms with Gasteiger partial charge in [0.2, 0.25) is 5.91 Å². The van der Waals surface area contributed by atoms with Gasteiger partial charge < -0.3 is 16.4 Å². The molecule has 3 heterocycles. The first kappa shape index (κ1) is 16.6. The van der Waals surface area contributed by atoms with Crippen molar-refractivity contribution in [3.05, 3.63) is 52.0 Å². The van der Waals surface area contributed by atoms with Crippen LogP contribution in [-0.4, -0.2) is 30.0 Å². The van der Waals surface area contributed by atoms with Gasteiger partial charge >= 0.3 is 0 Å². The molecule has 6 nitrogen and oxygen atoms in total. The number of carbonyl (C=O) groups excluding carboxylic acids is 1. The Morgan fingerprint density at radius 1 is 1.54 bits per heavy atom. The van der Waals surface area contributed by atoms with E-state index in [2.05, 4.69) is 21.7 Å². The van der Waals surface area contributed by atoms with E-state index in [1.54, 1.807) is 23.6 Å². The van der Waals surface area contributed by atoms with E-state index in [9.17, 15) is 10.1 Å². The molecule has 4 N–H and O–H groups in total. The minimum Gasteiger partial charge on any atom is -0.344 e. The molecular weight excluding hydrogens is 322 g/mol. The van der Waals surface area contributed by atoms with Crippen LogP contribution in [0.5, 0.6) is 0 Å². The van der Waals surface area contributed by atoms with E-state index >= 15 is 0 Å². The second kappa shape index (κ2) is 7.09. The molecule has 7 heteroatoms. The maximum atomic E-state index is 12.6. The van der Waals surface area contributed by atoms with Crippen LogP contribution < -0.4 is 16.4 Å². The summed E-state index contributed by atoms with van der Waals surface area (Å²) in [5.74, 6) is -0.208. The number of nitrogens with two attached hydrogens (primary N) is 1. The Balaban J connectivity index is 1.81. The average Bonchev–Trinajstić information content (AvgIpc) is 3.27. The van der Waals surface area contributed by atoms with Gasteiger partial charge in [-0.15, -0.1) is 11.3 Å². The third-order valence-corrected chi connectivity index (χ3v) is 5.18. The summed E-state index contributed by atoms with van der Waals surface area (Å²) in [6, 6.07) is 9.05. The topological polar surface area (TPSA) is 104 Å². The molecular formula is C17H19N5OS. The van der Waals surface area contributed by atoms with Gasteiger partial charge in [0.15, 0.2) is 0 Å². The first-order valence-corrected chi connectivity index (χ1v) is 8.69. The zero-order valence-corrected chi connectivity index (χ0v) is 14.0. The number of nitrogens with zero attached hydrogens (tertiary/aromatic N) is 2. The predicted octanol–water partition coefficient (Wildman–Crippen LogP) is 0.890. The van der Waals surface area contributed by atoms with E-state index in [1.807, 2.05) is 23.6 Å². The van der Waals surface area contributed by atoms with Crippen molar-refractivity contribution in [2.24, 2.45) is 5.73 Å². The third kappa shape index (κ3) is 3.31. The van der Waals surface area contributed by atoms with Crippen molar-refractivity contribution in [1.82, 2.24) is 15.6 Å². The van der Waals surface area contributed by atoms with Crippen molar-refractivity contribution in [3.63, 3.8) is 0 Å². The van der Waals surface area contributed by atoms with Crippen LogP contribution in [0.2, 0.25) is 0 Å². The van der Waals surface area contributed by atoms with E-state index < -0.39 is 11.6 Å². The van der Waals surface area contributed by atoms with Crippen LogP contribution in [0.3, 0.4) is 0 Å². The van der Waals surface area contributed by atoms with E-state index in [0.29, 0.717) is 25.1 Å². The summed E-state index contributed by atoms with van der Waals surface area (Å²) in [4.78, 5) is 17.8. The van der Waals surface area contributed by atoms with Gasteiger partial charge in [-0.3, -0.25) is 4.79 Å². The number of nitrogens with one attached hydrogen (secondary N) is 2. The molecule has 1 saturated heterocycles. The zero-order valence-electron chi connectivity index (χ0n) is 13.2. The molecule has 1 fully saturated rings. The minimum atomic E-state index is -0.635. The Labute approximate surface area is 144 Å². The fourth-order valence-corrected chi connectivity index (χ4v) is 3.81. The summed E-state index contributed by atoms with van der Waals surface area (Å²) in [6.07, 6.45) is 2.79. The van der Waals surface area contributed by atoms with E-state index in [1.165, 1.54) is 0 Å². The lowest BCUT2D eigenvalue weighted by Gasteiger charge is -2.31. The molecule has 124 valence electrons. The van der Waals surface area contributed by atoms with Crippen molar-refractivity contribution < 1.29 is 4.79 Å². The Morgan fingerprint density at radius 2 is 2.42 bits per heavy atom. The second-order valence-corrected chi connectivity index (χ2v) is 6.93. The Bertz CT molecular complexity index is 747. The van der Waals surface area contributed by atoms with Crippen molar-refractivity contribution in [3.8, 4) is 6.07 Å². The predicted molar refractivity (Wildman–Crippen MR) is 92.3 cm³/mol. The van der Waals surface area contributed by atoms with Gasteiger partial charge in [-0.05, 0) is 30.5 Å². The third-order valence-electron chi connectivity index (χ3n) is 4.28. The summed E-state index contributed by atoms with van der Waals surface area (Å²) < 4.78 is 0. The van der Waals surface area contributed by atoms with Gasteiger partial charge in [0, 0.05) is 29.6 Å².